The van der Waals surface area contributed by atoms with Crippen molar-refractivity contribution in [1.82, 2.24) is 20.0 Å². The maximum atomic E-state index is 13.8. The zero-order valence-electron chi connectivity index (χ0n) is 16.8. The van der Waals surface area contributed by atoms with Crippen molar-refractivity contribution in [2.75, 3.05) is 19.6 Å². The van der Waals surface area contributed by atoms with Gasteiger partial charge in [-0.1, -0.05) is 23.3 Å². The van der Waals surface area contributed by atoms with Crippen LogP contribution in [0.1, 0.15) is 42.7 Å². The predicted octanol–water partition coefficient (Wildman–Crippen LogP) is 4.70. The van der Waals surface area contributed by atoms with Crippen LogP contribution in [0.4, 0.5) is 13.2 Å². The van der Waals surface area contributed by atoms with Crippen molar-refractivity contribution in [2.45, 2.75) is 38.9 Å². The number of piperidine rings is 1. The monoisotopic (exact) mass is 440 g/mol. The molecular weight excluding hydrogens is 417 g/mol. The lowest BCUT2D eigenvalue weighted by Gasteiger charge is -2.31. The number of amides is 1. The third-order valence-electron chi connectivity index (χ3n) is 5.03. The van der Waals surface area contributed by atoms with E-state index in [0.29, 0.717) is 17.9 Å². The highest BCUT2D eigenvalue weighted by Gasteiger charge is 2.41. The Morgan fingerprint density at radius 3 is 2.43 bits per heavy atom. The van der Waals surface area contributed by atoms with Crippen LogP contribution in [0.15, 0.2) is 42.1 Å². The normalized spacial score (nSPS) is 15.8. The van der Waals surface area contributed by atoms with Crippen LogP contribution >= 0.6 is 11.6 Å². The fraction of sp³-hybridized carbons (Fsp3) is 0.429. The lowest BCUT2D eigenvalue weighted by molar-refractivity contribution is -0.143. The summed E-state index contributed by atoms with van der Waals surface area (Å²) < 4.78 is 42.0. The first kappa shape index (κ1) is 22.4. The Kier molecular flexibility index (Phi) is 6.88. The Hall–Kier alpha value is -2.32. The number of alkyl halides is 3. The molecule has 0 atom stereocenters. The van der Waals surface area contributed by atoms with E-state index in [2.05, 4.69) is 21.4 Å². The number of carbonyl (C=O) groups excluding carboxylic acids is 1. The van der Waals surface area contributed by atoms with Gasteiger partial charge in [-0.15, -0.1) is 0 Å². The van der Waals surface area contributed by atoms with Gasteiger partial charge in [0.15, 0.2) is 5.69 Å². The van der Waals surface area contributed by atoms with Crippen LogP contribution in [0.25, 0.3) is 5.69 Å². The molecule has 2 aromatic rings. The maximum absolute atomic E-state index is 13.8. The number of nitrogens with one attached hydrogen (secondary N) is 1. The highest BCUT2D eigenvalue weighted by atomic mass is 35.5. The van der Waals surface area contributed by atoms with E-state index in [0.717, 1.165) is 30.5 Å². The van der Waals surface area contributed by atoms with Crippen LogP contribution in [0.5, 0.6) is 0 Å². The van der Waals surface area contributed by atoms with E-state index in [9.17, 15) is 18.0 Å². The SMILES string of the molecule is CC(C)=CCN1CCC(NC(=O)c2cnn(-c3ccc(Cl)cc3)c2C(F)(F)F)CC1. The molecule has 0 radical (unpaired) electrons. The van der Waals surface area contributed by atoms with Gasteiger partial charge >= 0.3 is 6.18 Å². The van der Waals surface area contributed by atoms with Crippen molar-refractivity contribution >= 4 is 17.5 Å². The molecule has 3 rings (SSSR count). The van der Waals surface area contributed by atoms with Crippen LogP contribution in [0, 0.1) is 0 Å². The van der Waals surface area contributed by atoms with E-state index in [-0.39, 0.29) is 11.7 Å². The molecule has 1 aliphatic heterocycles. The molecule has 1 aromatic heterocycles. The molecule has 0 unspecified atom stereocenters. The molecule has 162 valence electrons. The summed E-state index contributed by atoms with van der Waals surface area (Å²) in [6.45, 7) is 6.48. The Labute approximate surface area is 178 Å². The van der Waals surface area contributed by atoms with Crippen LogP contribution in [-0.2, 0) is 6.18 Å². The third kappa shape index (κ3) is 5.43. The van der Waals surface area contributed by atoms with Crippen LogP contribution in [-0.4, -0.2) is 46.3 Å². The molecule has 1 N–H and O–H groups in total. The van der Waals surface area contributed by atoms with Gasteiger partial charge in [0.05, 0.1) is 17.4 Å². The topological polar surface area (TPSA) is 50.2 Å². The summed E-state index contributed by atoms with van der Waals surface area (Å²) in [5, 5.41) is 6.98. The zero-order valence-corrected chi connectivity index (χ0v) is 17.6. The molecule has 1 saturated heterocycles. The average Bonchev–Trinajstić information content (AvgIpc) is 3.14. The van der Waals surface area contributed by atoms with Crippen LogP contribution < -0.4 is 5.32 Å². The quantitative estimate of drug-likeness (QED) is 0.685. The average molecular weight is 441 g/mol. The van der Waals surface area contributed by atoms with Gasteiger partial charge in [-0.25, -0.2) is 4.68 Å². The molecule has 1 aromatic carbocycles. The predicted molar refractivity (Wildman–Crippen MR) is 110 cm³/mol. The number of aromatic nitrogens is 2. The van der Waals surface area contributed by atoms with E-state index in [1.54, 1.807) is 0 Å². The summed E-state index contributed by atoms with van der Waals surface area (Å²) in [5.74, 6) is -0.759. The lowest BCUT2D eigenvalue weighted by Crippen LogP contribution is -2.45. The van der Waals surface area contributed by atoms with Gasteiger partial charge < -0.3 is 5.32 Å². The van der Waals surface area contributed by atoms with Crippen molar-refractivity contribution in [3.8, 4) is 5.69 Å². The smallest absolute Gasteiger partial charge is 0.349 e. The summed E-state index contributed by atoms with van der Waals surface area (Å²) >= 11 is 5.82. The summed E-state index contributed by atoms with van der Waals surface area (Å²) in [4.78, 5) is 14.9. The van der Waals surface area contributed by atoms with Crippen molar-refractivity contribution in [1.29, 1.82) is 0 Å². The van der Waals surface area contributed by atoms with E-state index in [1.165, 1.54) is 29.8 Å². The lowest BCUT2D eigenvalue weighted by atomic mass is 10.0. The molecule has 1 aliphatic rings. The van der Waals surface area contributed by atoms with E-state index < -0.39 is 23.3 Å². The number of likely N-dealkylation sites (tertiary alicyclic amines) is 1. The first-order valence-corrected chi connectivity index (χ1v) is 10.1. The zero-order chi connectivity index (χ0) is 21.9. The second kappa shape index (κ2) is 9.22. The van der Waals surface area contributed by atoms with Gasteiger partial charge in [0.25, 0.3) is 5.91 Å². The molecule has 0 bridgehead atoms. The first-order valence-electron chi connectivity index (χ1n) is 9.73. The Balaban J connectivity index is 1.74. The minimum Gasteiger partial charge on any atom is -0.349 e. The summed E-state index contributed by atoms with van der Waals surface area (Å²) in [6.07, 6.45) is -0.253. The molecule has 0 spiro atoms. The summed E-state index contributed by atoms with van der Waals surface area (Å²) in [5.41, 5.74) is -0.158. The molecule has 0 aliphatic carbocycles. The van der Waals surface area contributed by atoms with Crippen molar-refractivity contribution in [2.24, 2.45) is 0 Å². The molecule has 9 heteroatoms. The number of rotatable bonds is 5. The van der Waals surface area contributed by atoms with E-state index >= 15 is 0 Å². The second-order valence-electron chi connectivity index (χ2n) is 7.62. The number of benzene rings is 1. The van der Waals surface area contributed by atoms with Gasteiger partial charge in [0.1, 0.15) is 0 Å². The van der Waals surface area contributed by atoms with Crippen LogP contribution in [0.3, 0.4) is 0 Å². The molecule has 30 heavy (non-hydrogen) atoms. The third-order valence-corrected chi connectivity index (χ3v) is 5.29. The number of nitrogens with zero attached hydrogens (tertiary/aromatic N) is 3. The van der Waals surface area contributed by atoms with Gasteiger partial charge in [-0.05, 0) is 51.0 Å². The Bertz CT molecular complexity index is 909. The number of carbonyl (C=O) groups is 1. The van der Waals surface area contributed by atoms with Crippen LogP contribution in [0.2, 0.25) is 5.02 Å². The molecule has 1 fully saturated rings. The fourth-order valence-electron chi connectivity index (χ4n) is 3.40. The molecule has 5 nitrogen and oxygen atoms in total. The number of hydrogen-bond acceptors (Lipinski definition) is 3. The summed E-state index contributed by atoms with van der Waals surface area (Å²) in [6, 6.07) is 5.63. The van der Waals surface area contributed by atoms with Gasteiger partial charge in [0.2, 0.25) is 0 Å². The highest BCUT2D eigenvalue weighted by molar-refractivity contribution is 6.30. The second-order valence-corrected chi connectivity index (χ2v) is 8.06. The summed E-state index contributed by atoms with van der Waals surface area (Å²) in [7, 11) is 0. The molecule has 0 saturated carbocycles. The molecular formula is C21H24ClF3N4O. The van der Waals surface area contributed by atoms with E-state index in [1.807, 2.05) is 13.8 Å². The van der Waals surface area contributed by atoms with Crippen molar-refractivity contribution < 1.29 is 18.0 Å². The highest BCUT2D eigenvalue weighted by Crippen LogP contribution is 2.34. The molecule has 1 amide bonds. The van der Waals surface area contributed by atoms with Gasteiger partial charge in [-0.3, -0.25) is 9.69 Å². The Morgan fingerprint density at radius 1 is 1.23 bits per heavy atom. The number of allylic oxidation sites excluding steroid dienone is 1. The minimum absolute atomic E-state index is 0.166. The maximum Gasteiger partial charge on any atom is 0.434 e. The largest absolute Gasteiger partial charge is 0.434 e. The van der Waals surface area contributed by atoms with E-state index in [4.69, 9.17) is 11.6 Å². The number of halogens is 4. The first-order chi connectivity index (χ1) is 14.1. The van der Waals surface area contributed by atoms with Crippen molar-refractivity contribution in [3.63, 3.8) is 0 Å². The number of hydrogen-bond donors (Lipinski definition) is 1. The Morgan fingerprint density at radius 2 is 1.87 bits per heavy atom. The van der Waals surface area contributed by atoms with Gasteiger partial charge in [0, 0.05) is 30.7 Å². The standard InChI is InChI=1S/C21H24ClF3N4O/c1-14(2)7-10-28-11-8-16(9-12-28)27-20(30)18-13-26-29(19(18)21(23,24)25)17-5-3-15(22)4-6-17/h3-7,13,16H,8-12H2,1-2H3,(H,27,30). The minimum atomic E-state index is -4.74. The molecule has 2 heterocycles. The van der Waals surface area contributed by atoms with Gasteiger partial charge in [-0.2, -0.15) is 18.3 Å². The fourth-order valence-corrected chi connectivity index (χ4v) is 3.53. The van der Waals surface area contributed by atoms with Crippen molar-refractivity contribution in [3.05, 3.63) is 58.4 Å².